The second kappa shape index (κ2) is 13.1. The maximum atomic E-state index is 14.3. The molecule has 1 atom stereocenters. The lowest BCUT2D eigenvalue weighted by Crippen LogP contribution is -2.47. The minimum atomic E-state index is -0.455. The molecule has 0 saturated heterocycles. The normalized spacial score (nSPS) is 14.1. The van der Waals surface area contributed by atoms with Crippen LogP contribution < -0.4 is 11.0 Å². The second-order valence-electron chi connectivity index (χ2n) is 11.3. The molecule has 1 aliphatic rings. The number of hydrogen-bond acceptors (Lipinski definition) is 6. The summed E-state index contributed by atoms with van der Waals surface area (Å²) in [5, 5.41) is 7.73. The van der Waals surface area contributed by atoms with Crippen molar-refractivity contribution in [2.75, 3.05) is 0 Å². The Kier molecular flexibility index (Phi) is 8.50. The quantitative estimate of drug-likeness (QED) is 0.227. The second-order valence-corrected chi connectivity index (χ2v) is 12.6. The number of aromatic nitrogens is 6. The van der Waals surface area contributed by atoms with Gasteiger partial charge in [-0.25, -0.2) is 19.4 Å². The first-order valence-corrected chi connectivity index (χ1v) is 16.3. The van der Waals surface area contributed by atoms with Crippen LogP contribution >= 0.6 is 27.5 Å². The molecule has 0 bridgehead atoms. The van der Waals surface area contributed by atoms with Crippen molar-refractivity contribution in [2.24, 2.45) is 0 Å². The van der Waals surface area contributed by atoms with E-state index in [2.05, 4.69) is 36.3 Å². The van der Waals surface area contributed by atoms with E-state index in [1.165, 1.54) is 10.9 Å². The van der Waals surface area contributed by atoms with Crippen LogP contribution in [0.15, 0.2) is 113 Å². The minimum absolute atomic E-state index is 0.0432. The molecular weight excluding hydrogens is 696 g/mol. The zero-order chi connectivity index (χ0) is 33.4. The van der Waals surface area contributed by atoms with Crippen molar-refractivity contribution in [3.8, 4) is 22.6 Å². The number of nitrogens with one attached hydrogen (secondary N) is 1. The molecule has 48 heavy (non-hydrogen) atoms. The average Bonchev–Trinajstić information content (AvgIpc) is 3.75. The number of imidazole rings is 1. The van der Waals surface area contributed by atoms with Crippen LogP contribution in [0, 0.1) is 0 Å². The summed E-state index contributed by atoms with van der Waals surface area (Å²) in [6, 6.07) is 23.2. The first-order chi connectivity index (χ1) is 23.3. The van der Waals surface area contributed by atoms with Crippen LogP contribution in [-0.2, 0) is 19.6 Å². The first kappa shape index (κ1) is 31.3. The van der Waals surface area contributed by atoms with Gasteiger partial charge in [0.15, 0.2) is 0 Å². The van der Waals surface area contributed by atoms with Gasteiger partial charge in [-0.1, -0.05) is 35.9 Å². The Bertz CT molecular complexity index is 2200. The summed E-state index contributed by atoms with van der Waals surface area (Å²) < 4.78 is 5.40. The van der Waals surface area contributed by atoms with E-state index in [0.29, 0.717) is 26.4 Å². The fraction of sp³-hybridized carbons (Fsp3) is 0.143. The number of benzene rings is 3. The molecule has 6 aromatic rings. The fourth-order valence-corrected chi connectivity index (χ4v) is 6.39. The Hall–Kier alpha value is -5.33. The van der Waals surface area contributed by atoms with E-state index in [-0.39, 0.29) is 43.0 Å². The Labute approximate surface area is 288 Å². The zero-order valence-corrected chi connectivity index (χ0v) is 28.0. The third kappa shape index (κ3) is 5.84. The van der Waals surface area contributed by atoms with E-state index in [4.69, 9.17) is 11.6 Å². The van der Waals surface area contributed by atoms with Gasteiger partial charge >= 0.3 is 5.69 Å². The maximum absolute atomic E-state index is 14.3. The van der Waals surface area contributed by atoms with E-state index >= 15 is 0 Å². The van der Waals surface area contributed by atoms with Crippen molar-refractivity contribution < 1.29 is 9.59 Å². The molecule has 1 aliphatic heterocycles. The van der Waals surface area contributed by atoms with Gasteiger partial charge in [-0.3, -0.25) is 18.7 Å². The molecule has 3 aromatic carbocycles. The largest absolute Gasteiger partial charge is 0.347 e. The van der Waals surface area contributed by atoms with Crippen molar-refractivity contribution in [3.05, 3.63) is 146 Å². The van der Waals surface area contributed by atoms with Crippen molar-refractivity contribution >= 4 is 39.3 Å². The smallest absolute Gasteiger partial charge is 0.333 e. The van der Waals surface area contributed by atoms with Gasteiger partial charge in [-0.2, -0.15) is 5.10 Å². The number of hydrogen-bond donors (Lipinski definition) is 1. The molecule has 0 radical (unpaired) electrons. The van der Waals surface area contributed by atoms with Crippen LogP contribution in [-0.4, -0.2) is 51.6 Å². The van der Waals surface area contributed by atoms with Crippen molar-refractivity contribution in [3.63, 3.8) is 0 Å². The summed E-state index contributed by atoms with van der Waals surface area (Å²) in [4.78, 5) is 52.2. The number of nitrogens with zero attached hydrogens (tertiary/aromatic N) is 7. The number of fused-ring (bicyclic) bond motifs is 1. The highest BCUT2D eigenvalue weighted by molar-refractivity contribution is 9.10. The molecule has 0 aliphatic carbocycles. The third-order valence-corrected chi connectivity index (χ3v) is 9.61. The fourth-order valence-electron chi connectivity index (χ4n) is 5.97. The van der Waals surface area contributed by atoms with Crippen LogP contribution in [0.2, 0.25) is 5.02 Å². The highest BCUT2D eigenvalue weighted by atomic mass is 79.9. The molecule has 1 N–H and O–H groups in total. The van der Waals surface area contributed by atoms with Gasteiger partial charge in [0.25, 0.3) is 11.8 Å². The van der Waals surface area contributed by atoms with E-state index in [0.717, 1.165) is 22.5 Å². The molecule has 7 rings (SSSR count). The van der Waals surface area contributed by atoms with Crippen molar-refractivity contribution in [2.45, 2.75) is 32.6 Å². The molecular formula is C35H28BrClN8O3. The van der Waals surface area contributed by atoms with Gasteiger partial charge in [0.05, 0.1) is 34.3 Å². The summed E-state index contributed by atoms with van der Waals surface area (Å²) in [5.74, 6) is -0.708. The Morgan fingerprint density at radius 2 is 1.79 bits per heavy atom. The molecule has 0 fully saturated rings. The number of halogens is 2. The summed E-state index contributed by atoms with van der Waals surface area (Å²) in [6.07, 6.45) is 6.65. The molecule has 13 heteroatoms. The highest BCUT2D eigenvalue weighted by Crippen LogP contribution is 2.28. The zero-order valence-electron chi connectivity index (χ0n) is 25.6. The Morgan fingerprint density at radius 1 is 1.00 bits per heavy atom. The van der Waals surface area contributed by atoms with Gasteiger partial charge in [-0.15, -0.1) is 0 Å². The Morgan fingerprint density at radius 3 is 2.52 bits per heavy atom. The summed E-state index contributed by atoms with van der Waals surface area (Å²) in [5.41, 5.74) is 4.36. The first-order valence-electron chi connectivity index (χ1n) is 15.1. The lowest BCUT2D eigenvalue weighted by atomic mass is 10.0. The van der Waals surface area contributed by atoms with Crippen molar-refractivity contribution in [1.82, 2.24) is 39.1 Å². The van der Waals surface area contributed by atoms with E-state index in [1.807, 2.05) is 55.6 Å². The standard InChI is InChI=1S/C35H28BrClN8O3/c1-22-19-43-31(20-42(22)34(47)23-7-12-28(36)29(37)17-23)32(45(35(43)48)26-10-8-25(9-11-26)44-16-4-14-41-44)33(46)39-18-24-5-2-3-6-27(24)30-13-15-38-21-40-30/h2-17,21-22H,18-20H2,1H3,(H,39,46)/t22-/m0/s1. The minimum Gasteiger partial charge on any atom is -0.347 e. The number of carbonyl (C=O) groups excluding carboxylic acids is 2. The third-order valence-electron chi connectivity index (χ3n) is 8.38. The van der Waals surface area contributed by atoms with E-state index < -0.39 is 5.91 Å². The van der Waals surface area contributed by atoms with Gasteiger partial charge < -0.3 is 10.2 Å². The molecule has 3 aromatic heterocycles. The predicted molar refractivity (Wildman–Crippen MR) is 184 cm³/mol. The molecule has 0 saturated carbocycles. The van der Waals surface area contributed by atoms with Gasteiger partial charge in [0, 0.05) is 53.3 Å². The topological polar surface area (TPSA) is 120 Å². The lowest BCUT2D eigenvalue weighted by molar-refractivity contribution is 0.0610. The Balaban J connectivity index is 1.28. The van der Waals surface area contributed by atoms with Crippen LogP contribution in [0.1, 0.15) is 39.0 Å². The lowest BCUT2D eigenvalue weighted by Gasteiger charge is -2.34. The van der Waals surface area contributed by atoms with Crippen LogP contribution in [0.3, 0.4) is 0 Å². The number of amides is 2. The van der Waals surface area contributed by atoms with E-state index in [1.54, 1.807) is 62.9 Å². The van der Waals surface area contributed by atoms with E-state index in [9.17, 15) is 14.4 Å². The van der Waals surface area contributed by atoms with Crippen LogP contribution in [0.5, 0.6) is 0 Å². The molecule has 240 valence electrons. The van der Waals surface area contributed by atoms with Crippen LogP contribution in [0.4, 0.5) is 0 Å². The SMILES string of the molecule is C[C@H]1Cn2c(c(C(=O)NCc3ccccc3-c3ccncn3)n(-c3ccc(-n4cccn4)cc3)c2=O)CN1C(=O)c1ccc(Br)c(Cl)c1. The summed E-state index contributed by atoms with van der Waals surface area (Å²) in [6.45, 7) is 2.31. The van der Waals surface area contributed by atoms with Crippen LogP contribution in [0.25, 0.3) is 22.6 Å². The summed E-state index contributed by atoms with van der Waals surface area (Å²) in [7, 11) is 0. The number of carbonyl (C=O) groups is 2. The number of rotatable bonds is 7. The molecule has 11 nitrogen and oxygen atoms in total. The molecule has 0 unspecified atom stereocenters. The molecule has 0 spiro atoms. The maximum Gasteiger partial charge on any atom is 0.333 e. The molecule has 2 amide bonds. The van der Waals surface area contributed by atoms with Crippen molar-refractivity contribution in [1.29, 1.82) is 0 Å². The van der Waals surface area contributed by atoms with Gasteiger partial charge in [-0.05, 0) is 83.0 Å². The van der Waals surface area contributed by atoms with Gasteiger partial charge in [0.2, 0.25) is 0 Å². The average molecular weight is 724 g/mol. The molecule has 4 heterocycles. The predicted octanol–water partition coefficient (Wildman–Crippen LogP) is 5.67. The highest BCUT2D eigenvalue weighted by Gasteiger charge is 2.35. The monoisotopic (exact) mass is 722 g/mol. The summed E-state index contributed by atoms with van der Waals surface area (Å²) >= 11 is 9.70. The van der Waals surface area contributed by atoms with Gasteiger partial charge in [0.1, 0.15) is 12.0 Å².